The predicted octanol–water partition coefficient (Wildman–Crippen LogP) is 3.64. The Morgan fingerprint density at radius 1 is 1.04 bits per heavy atom. The molecule has 1 unspecified atom stereocenters. The average Bonchev–Trinajstić information content (AvgIpc) is 3.15. The van der Waals surface area contributed by atoms with E-state index in [0.29, 0.717) is 29.1 Å². The van der Waals surface area contributed by atoms with E-state index >= 15 is 0 Å². The zero-order chi connectivity index (χ0) is 17.2. The van der Waals surface area contributed by atoms with E-state index in [4.69, 9.17) is 18.6 Å². The number of ether oxygens (including phenoxy) is 3. The molecular weight excluding hydrogens is 320 g/mol. The third kappa shape index (κ3) is 3.23. The van der Waals surface area contributed by atoms with Crippen molar-refractivity contribution in [1.29, 1.82) is 0 Å². The Labute approximate surface area is 144 Å². The van der Waals surface area contributed by atoms with Crippen LogP contribution in [0.15, 0.2) is 57.7 Å². The standard InChI is InChI=1S/C20H18O5/c1-22-15-6-7-19-17(10-15)18(21)11-20(25-19)13-2-4-14(5-3-13)24-16-8-9-23-12-16/h2-7,10-11,16H,8-9,12H2,1H3. The van der Waals surface area contributed by atoms with Crippen molar-refractivity contribution in [2.45, 2.75) is 12.5 Å². The summed E-state index contributed by atoms with van der Waals surface area (Å²) in [6, 6.07) is 14.2. The van der Waals surface area contributed by atoms with Crippen molar-refractivity contribution in [3.8, 4) is 22.8 Å². The summed E-state index contributed by atoms with van der Waals surface area (Å²) in [5.74, 6) is 1.94. The lowest BCUT2D eigenvalue weighted by Gasteiger charge is -2.12. The quantitative estimate of drug-likeness (QED) is 0.727. The van der Waals surface area contributed by atoms with Crippen LogP contribution in [-0.2, 0) is 4.74 Å². The third-order valence-electron chi connectivity index (χ3n) is 4.26. The molecule has 0 saturated carbocycles. The van der Waals surface area contributed by atoms with Gasteiger partial charge in [-0.15, -0.1) is 0 Å². The van der Waals surface area contributed by atoms with Crippen molar-refractivity contribution in [2.24, 2.45) is 0 Å². The summed E-state index contributed by atoms with van der Waals surface area (Å²) in [6.45, 7) is 1.38. The molecule has 4 rings (SSSR count). The number of hydrogen-bond acceptors (Lipinski definition) is 5. The average molecular weight is 338 g/mol. The molecule has 3 aromatic rings. The highest BCUT2D eigenvalue weighted by atomic mass is 16.5. The minimum absolute atomic E-state index is 0.0985. The van der Waals surface area contributed by atoms with Gasteiger partial charge in [-0.05, 0) is 42.5 Å². The Hall–Kier alpha value is -2.79. The topological polar surface area (TPSA) is 57.9 Å². The fourth-order valence-electron chi connectivity index (χ4n) is 2.90. The van der Waals surface area contributed by atoms with E-state index < -0.39 is 0 Å². The largest absolute Gasteiger partial charge is 0.497 e. The Morgan fingerprint density at radius 2 is 1.84 bits per heavy atom. The van der Waals surface area contributed by atoms with Crippen LogP contribution in [0.3, 0.4) is 0 Å². The van der Waals surface area contributed by atoms with Gasteiger partial charge >= 0.3 is 0 Å². The van der Waals surface area contributed by atoms with Gasteiger partial charge in [-0.1, -0.05) is 0 Å². The van der Waals surface area contributed by atoms with Crippen LogP contribution >= 0.6 is 0 Å². The van der Waals surface area contributed by atoms with Crippen LogP contribution in [-0.4, -0.2) is 26.4 Å². The second-order valence-corrected chi connectivity index (χ2v) is 5.96. The summed E-state index contributed by atoms with van der Waals surface area (Å²) in [5.41, 5.74) is 1.26. The molecule has 1 fully saturated rings. The van der Waals surface area contributed by atoms with E-state index in [1.807, 2.05) is 24.3 Å². The van der Waals surface area contributed by atoms with E-state index in [1.165, 1.54) is 6.07 Å². The Bertz CT molecular complexity index is 936. The first-order valence-corrected chi connectivity index (χ1v) is 8.20. The Kier molecular flexibility index (Phi) is 4.15. The zero-order valence-electron chi connectivity index (χ0n) is 13.9. The van der Waals surface area contributed by atoms with Gasteiger partial charge in [0, 0.05) is 18.1 Å². The van der Waals surface area contributed by atoms with E-state index in [2.05, 4.69) is 0 Å². The van der Waals surface area contributed by atoms with Gasteiger partial charge in [0.1, 0.15) is 28.9 Å². The van der Waals surface area contributed by atoms with Crippen LogP contribution < -0.4 is 14.9 Å². The van der Waals surface area contributed by atoms with Gasteiger partial charge < -0.3 is 18.6 Å². The number of rotatable bonds is 4. The number of methoxy groups -OCH3 is 1. The highest BCUT2D eigenvalue weighted by Gasteiger charge is 2.17. The van der Waals surface area contributed by atoms with Crippen LogP contribution in [0.2, 0.25) is 0 Å². The normalized spacial score (nSPS) is 16.9. The fourth-order valence-corrected chi connectivity index (χ4v) is 2.90. The van der Waals surface area contributed by atoms with Gasteiger partial charge in [-0.2, -0.15) is 0 Å². The van der Waals surface area contributed by atoms with Crippen molar-refractivity contribution in [3.05, 3.63) is 58.8 Å². The van der Waals surface area contributed by atoms with Crippen molar-refractivity contribution in [3.63, 3.8) is 0 Å². The van der Waals surface area contributed by atoms with Gasteiger partial charge in [0.15, 0.2) is 5.43 Å². The van der Waals surface area contributed by atoms with Crippen LogP contribution in [0.5, 0.6) is 11.5 Å². The van der Waals surface area contributed by atoms with Gasteiger partial charge in [-0.3, -0.25) is 4.79 Å². The molecule has 5 nitrogen and oxygen atoms in total. The summed E-state index contributed by atoms with van der Waals surface area (Å²) in [6.07, 6.45) is 1.02. The molecule has 5 heteroatoms. The molecule has 1 aliphatic heterocycles. The Morgan fingerprint density at radius 3 is 2.56 bits per heavy atom. The molecule has 128 valence electrons. The summed E-state index contributed by atoms with van der Waals surface area (Å²) < 4.78 is 22.2. The molecule has 2 aromatic carbocycles. The first-order chi connectivity index (χ1) is 12.2. The number of benzene rings is 2. The van der Waals surface area contributed by atoms with E-state index in [-0.39, 0.29) is 11.5 Å². The molecule has 0 radical (unpaired) electrons. The summed E-state index contributed by atoms with van der Waals surface area (Å²) in [7, 11) is 1.57. The minimum Gasteiger partial charge on any atom is -0.497 e. The summed E-state index contributed by atoms with van der Waals surface area (Å²) in [5, 5.41) is 0.504. The molecule has 0 aliphatic carbocycles. The van der Waals surface area contributed by atoms with E-state index in [1.54, 1.807) is 25.3 Å². The van der Waals surface area contributed by atoms with Gasteiger partial charge in [0.2, 0.25) is 0 Å². The lowest BCUT2D eigenvalue weighted by atomic mass is 10.1. The SMILES string of the molecule is COc1ccc2oc(-c3ccc(OC4CCOC4)cc3)cc(=O)c2c1. The molecule has 25 heavy (non-hydrogen) atoms. The molecule has 0 spiro atoms. The maximum atomic E-state index is 12.4. The molecule has 0 amide bonds. The van der Waals surface area contributed by atoms with Crippen molar-refractivity contribution < 1.29 is 18.6 Å². The maximum Gasteiger partial charge on any atom is 0.193 e. The highest BCUT2D eigenvalue weighted by Crippen LogP contribution is 2.26. The van der Waals surface area contributed by atoms with Crippen LogP contribution in [0.1, 0.15) is 6.42 Å². The number of hydrogen-bond donors (Lipinski definition) is 0. The molecular formula is C20H18O5. The molecule has 2 heterocycles. The van der Waals surface area contributed by atoms with Crippen LogP contribution in [0.4, 0.5) is 0 Å². The lowest BCUT2D eigenvalue weighted by Crippen LogP contribution is -2.15. The van der Waals surface area contributed by atoms with Crippen molar-refractivity contribution in [2.75, 3.05) is 20.3 Å². The molecule has 1 aliphatic rings. The Balaban J connectivity index is 1.63. The van der Waals surface area contributed by atoms with Gasteiger partial charge in [0.05, 0.1) is 25.7 Å². The van der Waals surface area contributed by atoms with Crippen LogP contribution in [0, 0.1) is 0 Å². The summed E-state index contributed by atoms with van der Waals surface area (Å²) in [4.78, 5) is 12.4. The van der Waals surface area contributed by atoms with Crippen molar-refractivity contribution >= 4 is 11.0 Å². The maximum absolute atomic E-state index is 12.4. The van der Waals surface area contributed by atoms with Gasteiger partial charge in [-0.25, -0.2) is 0 Å². The lowest BCUT2D eigenvalue weighted by molar-refractivity contribution is 0.141. The van der Waals surface area contributed by atoms with Crippen LogP contribution in [0.25, 0.3) is 22.3 Å². The smallest absolute Gasteiger partial charge is 0.193 e. The molecule has 0 N–H and O–H groups in total. The molecule has 1 saturated heterocycles. The predicted molar refractivity (Wildman–Crippen MR) is 94.3 cm³/mol. The second kappa shape index (κ2) is 6.61. The minimum atomic E-state index is -0.0985. The molecule has 1 aromatic heterocycles. The first-order valence-electron chi connectivity index (χ1n) is 8.20. The van der Waals surface area contributed by atoms with Crippen molar-refractivity contribution in [1.82, 2.24) is 0 Å². The first kappa shape index (κ1) is 15.7. The number of fused-ring (bicyclic) bond motifs is 1. The zero-order valence-corrected chi connectivity index (χ0v) is 13.9. The van der Waals surface area contributed by atoms with E-state index in [9.17, 15) is 4.79 Å². The van der Waals surface area contributed by atoms with Gasteiger partial charge in [0.25, 0.3) is 0 Å². The second-order valence-electron chi connectivity index (χ2n) is 5.96. The fraction of sp³-hybridized carbons (Fsp3) is 0.250. The highest BCUT2D eigenvalue weighted by molar-refractivity contribution is 5.80. The summed E-state index contributed by atoms with van der Waals surface area (Å²) >= 11 is 0. The molecule has 1 atom stereocenters. The molecule has 0 bridgehead atoms. The van der Waals surface area contributed by atoms with E-state index in [0.717, 1.165) is 24.3 Å². The monoisotopic (exact) mass is 338 g/mol. The third-order valence-corrected chi connectivity index (χ3v) is 4.26.